The smallest absolute Gasteiger partial charge is 0.416 e. The summed E-state index contributed by atoms with van der Waals surface area (Å²) in [6, 6.07) is 0. The Morgan fingerprint density at radius 1 is 1.30 bits per heavy atom. The Morgan fingerprint density at radius 2 is 2.00 bits per heavy atom. The van der Waals surface area contributed by atoms with E-state index in [1.54, 1.807) is 39.2 Å². The maximum Gasteiger partial charge on any atom is 0.416 e. The second kappa shape index (κ2) is 9.66. The van der Waals surface area contributed by atoms with E-state index in [9.17, 15) is 13.2 Å². The van der Waals surface area contributed by atoms with E-state index in [0.717, 1.165) is 0 Å². The van der Waals surface area contributed by atoms with Crippen LogP contribution in [0.1, 0.15) is 40.8 Å². The molecule has 2 aromatic heterocycles. The third-order valence-corrected chi connectivity index (χ3v) is 6.33. The third kappa shape index (κ3) is 5.60. The summed E-state index contributed by atoms with van der Waals surface area (Å²) in [5.74, 6) is 1.64. The first kappa shape index (κ1) is 27.0. The highest BCUT2D eigenvalue weighted by Gasteiger charge is 2.56. The monoisotopic (exact) mass is 535 g/mol. The summed E-state index contributed by atoms with van der Waals surface area (Å²) >= 11 is 0. The Hall–Kier alpha value is -3.09. The highest BCUT2D eigenvalue weighted by atomic mass is 32.2. The fourth-order valence-corrected chi connectivity index (χ4v) is 4.50. The molecule has 13 nitrogen and oxygen atoms in total. The SMILES string of the molecule is C#CCN(C(=O)OC(C)(C)C)c1ncnc2c1ncn2[C@@H]1O[C@H](COS(=O)(=O)C=C)[C@H]2OC(C)(C)O[C@H]21. The molecule has 0 radical (unpaired) electrons. The van der Waals surface area contributed by atoms with Gasteiger partial charge in [-0.25, -0.2) is 24.6 Å². The molecule has 0 saturated carbocycles. The van der Waals surface area contributed by atoms with Crippen molar-refractivity contribution in [3.05, 3.63) is 24.6 Å². The zero-order chi connectivity index (χ0) is 27.2. The lowest BCUT2D eigenvalue weighted by atomic mass is 10.1. The van der Waals surface area contributed by atoms with Gasteiger partial charge < -0.3 is 18.9 Å². The van der Waals surface area contributed by atoms with Gasteiger partial charge in [0.05, 0.1) is 24.9 Å². The summed E-state index contributed by atoms with van der Waals surface area (Å²) in [6.07, 6.45) is 4.68. The lowest BCUT2D eigenvalue weighted by Crippen LogP contribution is -2.37. The Morgan fingerprint density at radius 3 is 2.65 bits per heavy atom. The molecule has 0 spiro atoms. The summed E-state index contributed by atoms with van der Waals surface area (Å²) < 4.78 is 53.9. The molecular formula is C23H29N5O8S. The van der Waals surface area contributed by atoms with Gasteiger partial charge in [0.1, 0.15) is 30.2 Å². The van der Waals surface area contributed by atoms with E-state index in [0.29, 0.717) is 11.1 Å². The topological polar surface area (TPSA) is 144 Å². The average molecular weight is 536 g/mol. The molecule has 4 atom stereocenters. The highest BCUT2D eigenvalue weighted by Crippen LogP contribution is 2.44. The van der Waals surface area contributed by atoms with Gasteiger partial charge in [-0.2, -0.15) is 8.42 Å². The quantitative estimate of drug-likeness (QED) is 0.380. The molecule has 0 unspecified atom stereocenters. The molecule has 2 aromatic rings. The Kier molecular flexibility index (Phi) is 7.04. The predicted octanol–water partition coefficient (Wildman–Crippen LogP) is 2.11. The number of rotatable bonds is 7. The Labute approximate surface area is 214 Å². The molecule has 2 aliphatic heterocycles. The van der Waals surface area contributed by atoms with Crippen molar-refractivity contribution in [1.82, 2.24) is 19.5 Å². The van der Waals surface area contributed by atoms with Crippen molar-refractivity contribution in [2.45, 2.75) is 70.5 Å². The van der Waals surface area contributed by atoms with Gasteiger partial charge in [-0.15, -0.1) is 6.42 Å². The number of anilines is 1. The zero-order valence-electron chi connectivity index (χ0n) is 21.2. The number of amides is 1. The van der Waals surface area contributed by atoms with Crippen LogP contribution < -0.4 is 4.90 Å². The number of terminal acetylenes is 1. The number of carbonyl (C=O) groups is 1. The molecule has 200 valence electrons. The van der Waals surface area contributed by atoms with Crippen molar-refractivity contribution in [1.29, 1.82) is 0 Å². The summed E-state index contributed by atoms with van der Waals surface area (Å²) in [5.41, 5.74) is -0.158. The van der Waals surface area contributed by atoms with Crippen LogP contribution in [0.15, 0.2) is 24.6 Å². The van der Waals surface area contributed by atoms with Crippen LogP contribution in [-0.2, 0) is 33.2 Å². The molecule has 1 amide bonds. The van der Waals surface area contributed by atoms with Gasteiger partial charge in [-0.3, -0.25) is 8.75 Å². The average Bonchev–Trinajstić information content (AvgIpc) is 3.45. The van der Waals surface area contributed by atoms with E-state index in [1.807, 2.05) is 0 Å². The number of hydrogen-bond acceptors (Lipinski definition) is 11. The predicted molar refractivity (Wildman–Crippen MR) is 131 cm³/mol. The maximum atomic E-state index is 12.9. The summed E-state index contributed by atoms with van der Waals surface area (Å²) in [4.78, 5) is 27.1. The van der Waals surface area contributed by atoms with Crippen LogP contribution in [0.25, 0.3) is 11.2 Å². The zero-order valence-corrected chi connectivity index (χ0v) is 22.0. The van der Waals surface area contributed by atoms with Crippen LogP contribution in [0.2, 0.25) is 0 Å². The van der Waals surface area contributed by atoms with E-state index in [1.165, 1.54) is 17.6 Å². The van der Waals surface area contributed by atoms with E-state index >= 15 is 0 Å². The second-order valence-electron chi connectivity index (χ2n) is 9.87. The first-order chi connectivity index (χ1) is 17.3. The van der Waals surface area contributed by atoms with E-state index in [4.69, 9.17) is 29.6 Å². The lowest BCUT2D eigenvalue weighted by Gasteiger charge is -2.26. The highest BCUT2D eigenvalue weighted by molar-refractivity contribution is 7.89. The molecule has 2 aliphatic rings. The van der Waals surface area contributed by atoms with Crippen LogP contribution in [-0.4, -0.2) is 76.9 Å². The van der Waals surface area contributed by atoms with Gasteiger partial charge in [0, 0.05) is 0 Å². The molecule has 4 rings (SSSR count). The van der Waals surface area contributed by atoms with Crippen LogP contribution in [0.3, 0.4) is 0 Å². The number of fused-ring (bicyclic) bond motifs is 2. The molecule has 0 aromatic carbocycles. The largest absolute Gasteiger partial charge is 0.443 e. The molecule has 2 fully saturated rings. The molecule has 37 heavy (non-hydrogen) atoms. The van der Waals surface area contributed by atoms with E-state index in [2.05, 4.69) is 27.5 Å². The van der Waals surface area contributed by atoms with Crippen molar-refractivity contribution < 1.29 is 36.3 Å². The van der Waals surface area contributed by atoms with Crippen molar-refractivity contribution >= 4 is 33.2 Å². The third-order valence-electron chi connectivity index (χ3n) is 5.46. The van der Waals surface area contributed by atoms with Crippen LogP contribution >= 0.6 is 0 Å². The molecule has 0 N–H and O–H groups in total. The van der Waals surface area contributed by atoms with Crippen molar-refractivity contribution in [2.75, 3.05) is 18.1 Å². The number of aromatic nitrogens is 4. The maximum absolute atomic E-state index is 12.9. The summed E-state index contributed by atoms with van der Waals surface area (Å²) in [6.45, 7) is 11.5. The molecule has 14 heteroatoms. The lowest BCUT2D eigenvalue weighted by molar-refractivity contribution is -0.198. The minimum Gasteiger partial charge on any atom is -0.443 e. The Balaban J connectivity index is 1.69. The Bertz CT molecular complexity index is 1340. The number of hydrogen-bond donors (Lipinski definition) is 0. The van der Waals surface area contributed by atoms with Gasteiger partial charge in [0.15, 0.2) is 29.0 Å². The van der Waals surface area contributed by atoms with Gasteiger partial charge in [-0.05, 0) is 34.6 Å². The van der Waals surface area contributed by atoms with E-state index < -0.39 is 52.1 Å². The fraction of sp³-hybridized carbons (Fsp3) is 0.565. The van der Waals surface area contributed by atoms with Crippen LogP contribution in [0.4, 0.5) is 10.6 Å². The van der Waals surface area contributed by atoms with Gasteiger partial charge >= 0.3 is 6.09 Å². The van der Waals surface area contributed by atoms with Crippen molar-refractivity contribution in [3.63, 3.8) is 0 Å². The second-order valence-corrected chi connectivity index (χ2v) is 11.4. The summed E-state index contributed by atoms with van der Waals surface area (Å²) in [7, 11) is -3.93. The normalized spacial score (nSPS) is 25.0. The van der Waals surface area contributed by atoms with Gasteiger partial charge in [-0.1, -0.05) is 12.5 Å². The van der Waals surface area contributed by atoms with Crippen LogP contribution in [0.5, 0.6) is 0 Å². The first-order valence-corrected chi connectivity index (χ1v) is 12.9. The van der Waals surface area contributed by atoms with Crippen molar-refractivity contribution in [2.24, 2.45) is 0 Å². The number of ether oxygens (including phenoxy) is 4. The minimum atomic E-state index is -3.93. The molecule has 0 bridgehead atoms. The van der Waals surface area contributed by atoms with E-state index in [-0.39, 0.29) is 24.5 Å². The molecule has 4 heterocycles. The standard InChI is InChI=1S/C23H29N5O8S/c1-8-10-27(21(29)36-22(3,4)5)18-15-19(25-12-24-18)28(13-26-15)20-17-16(34-23(6,7)35-17)14(33-20)11-32-37(30,31)9-2/h1,9,12-14,16-17,20H,2,10-11H2,3-7H3/t14-,16-,17-,20-/m1/s1. The van der Waals surface area contributed by atoms with Crippen molar-refractivity contribution in [3.8, 4) is 12.3 Å². The van der Waals surface area contributed by atoms with Gasteiger partial charge in [0.2, 0.25) is 0 Å². The molecular weight excluding hydrogens is 506 g/mol. The van der Waals surface area contributed by atoms with Gasteiger partial charge in [0.25, 0.3) is 10.1 Å². The number of carbonyl (C=O) groups excluding carboxylic acids is 1. The van der Waals surface area contributed by atoms with Crippen LogP contribution in [0, 0.1) is 12.3 Å². The molecule has 2 saturated heterocycles. The fourth-order valence-electron chi connectivity index (χ4n) is 4.08. The first-order valence-electron chi connectivity index (χ1n) is 11.4. The summed E-state index contributed by atoms with van der Waals surface area (Å²) in [5, 5.41) is 0.710. The number of nitrogens with zero attached hydrogens (tertiary/aromatic N) is 5. The minimum absolute atomic E-state index is 0.110. The number of imidazole rings is 1. The molecule has 0 aliphatic carbocycles.